The number of nitrogens with one attached hydrogen (secondary N) is 2. The van der Waals surface area contributed by atoms with Crippen LogP contribution in [0.1, 0.15) is 10.6 Å². The number of amides is 2. The minimum absolute atomic E-state index is 0.170. The summed E-state index contributed by atoms with van der Waals surface area (Å²) in [5.74, 6) is -1.22. The molecule has 1 atom stereocenters. The van der Waals surface area contributed by atoms with Crippen LogP contribution in [-0.2, 0) is 19.9 Å². The summed E-state index contributed by atoms with van der Waals surface area (Å²) < 4.78 is 10.6. The molecule has 2 aromatic heterocycles. The fourth-order valence-electron chi connectivity index (χ4n) is 2.84. The summed E-state index contributed by atoms with van der Waals surface area (Å²) >= 11 is 1.34. The third-order valence-electron chi connectivity index (χ3n) is 4.39. The maximum absolute atomic E-state index is 12.1. The summed E-state index contributed by atoms with van der Waals surface area (Å²) in [6.45, 7) is 3.87. The fraction of sp³-hybridized carbons (Fsp3) is 0.444. The Morgan fingerprint density at radius 1 is 1.19 bits per heavy atom. The van der Waals surface area contributed by atoms with Crippen LogP contribution in [0.4, 0.5) is 0 Å². The lowest BCUT2D eigenvalue weighted by molar-refractivity contribution is -0.139. The van der Waals surface area contributed by atoms with Crippen molar-refractivity contribution < 1.29 is 23.8 Å². The Morgan fingerprint density at radius 2 is 1.96 bits per heavy atom. The number of rotatable bonds is 7. The van der Waals surface area contributed by atoms with Gasteiger partial charge in [-0.15, -0.1) is 11.3 Å². The molecule has 0 radical (unpaired) electrons. The lowest BCUT2D eigenvalue weighted by atomic mass is 9.98. The molecule has 0 aromatic carbocycles. The van der Waals surface area contributed by atoms with E-state index in [9.17, 15) is 14.7 Å². The number of hydrogen-bond donors (Lipinski definition) is 3. The van der Waals surface area contributed by atoms with Crippen molar-refractivity contribution in [3.63, 3.8) is 0 Å². The first kappa shape index (κ1) is 19.6. The van der Waals surface area contributed by atoms with Gasteiger partial charge in [-0.3, -0.25) is 14.5 Å². The first-order valence-electron chi connectivity index (χ1n) is 8.76. The zero-order valence-electron chi connectivity index (χ0n) is 14.8. The zero-order chi connectivity index (χ0) is 19.1. The second-order valence-corrected chi connectivity index (χ2v) is 7.16. The van der Waals surface area contributed by atoms with Crippen LogP contribution >= 0.6 is 11.3 Å². The van der Waals surface area contributed by atoms with Crippen LogP contribution in [0.15, 0.2) is 40.3 Å². The number of hydrogen-bond acceptors (Lipinski definition) is 7. The summed E-state index contributed by atoms with van der Waals surface area (Å²) in [4.78, 5) is 26.9. The number of furan rings is 1. The van der Waals surface area contributed by atoms with Gasteiger partial charge in [0, 0.05) is 31.1 Å². The second kappa shape index (κ2) is 9.14. The second-order valence-electron chi connectivity index (χ2n) is 6.21. The van der Waals surface area contributed by atoms with Gasteiger partial charge in [0.15, 0.2) is 5.60 Å². The van der Waals surface area contributed by atoms with Crippen molar-refractivity contribution in [2.75, 3.05) is 45.9 Å². The zero-order valence-corrected chi connectivity index (χ0v) is 15.7. The maximum atomic E-state index is 12.1. The van der Waals surface area contributed by atoms with E-state index in [4.69, 9.17) is 9.15 Å². The lowest BCUT2D eigenvalue weighted by Gasteiger charge is -2.26. The van der Waals surface area contributed by atoms with Crippen molar-refractivity contribution in [1.82, 2.24) is 15.5 Å². The molecule has 1 unspecified atom stereocenters. The molecule has 8 nitrogen and oxygen atoms in total. The van der Waals surface area contributed by atoms with Gasteiger partial charge in [-0.1, -0.05) is 6.07 Å². The van der Waals surface area contributed by atoms with Gasteiger partial charge in [-0.05, 0) is 23.6 Å². The molecule has 3 heterocycles. The van der Waals surface area contributed by atoms with Crippen molar-refractivity contribution in [3.05, 3.63) is 46.5 Å². The molecule has 0 bridgehead atoms. The molecule has 9 heteroatoms. The fourth-order valence-corrected chi connectivity index (χ4v) is 3.67. The van der Waals surface area contributed by atoms with E-state index in [2.05, 4.69) is 15.5 Å². The SMILES string of the molecule is O=C(NCCN1CCOCC1)C(=O)NCC(O)(c1ccco1)c1cccs1. The van der Waals surface area contributed by atoms with E-state index in [1.807, 2.05) is 5.38 Å². The molecular formula is C18H23N3O5S. The Kier molecular flexibility index (Phi) is 6.62. The van der Waals surface area contributed by atoms with Gasteiger partial charge in [-0.2, -0.15) is 0 Å². The first-order valence-corrected chi connectivity index (χ1v) is 9.64. The normalized spacial score (nSPS) is 17.2. The number of nitrogens with zero attached hydrogens (tertiary/aromatic N) is 1. The Balaban J connectivity index is 1.51. The molecule has 1 aliphatic heterocycles. The van der Waals surface area contributed by atoms with Crippen LogP contribution in [0.3, 0.4) is 0 Å². The summed E-state index contributed by atoms with van der Waals surface area (Å²) in [6, 6.07) is 6.85. The average molecular weight is 393 g/mol. The molecule has 0 saturated carbocycles. The Hall–Kier alpha value is -2.20. The minimum atomic E-state index is -1.53. The number of thiophene rings is 1. The largest absolute Gasteiger partial charge is 0.466 e. The quantitative estimate of drug-likeness (QED) is 0.578. The number of ether oxygens (including phenoxy) is 1. The maximum Gasteiger partial charge on any atom is 0.309 e. The highest BCUT2D eigenvalue weighted by molar-refractivity contribution is 7.10. The van der Waals surface area contributed by atoms with E-state index in [0.29, 0.717) is 36.9 Å². The summed E-state index contributed by atoms with van der Waals surface area (Å²) in [5.41, 5.74) is -1.53. The highest BCUT2D eigenvalue weighted by Gasteiger charge is 2.36. The number of morpholine rings is 1. The monoisotopic (exact) mass is 393 g/mol. The van der Waals surface area contributed by atoms with Crippen molar-refractivity contribution in [3.8, 4) is 0 Å². The number of aliphatic hydroxyl groups is 1. The molecule has 3 N–H and O–H groups in total. The van der Waals surface area contributed by atoms with Crippen molar-refractivity contribution in [2.24, 2.45) is 0 Å². The highest BCUT2D eigenvalue weighted by atomic mass is 32.1. The first-order chi connectivity index (χ1) is 13.1. The van der Waals surface area contributed by atoms with E-state index in [0.717, 1.165) is 13.1 Å². The van der Waals surface area contributed by atoms with Crippen molar-refractivity contribution in [2.45, 2.75) is 5.60 Å². The molecule has 1 saturated heterocycles. The van der Waals surface area contributed by atoms with Gasteiger partial charge in [0.05, 0.1) is 26.0 Å². The third-order valence-corrected chi connectivity index (χ3v) is 5.41. The van der Waals surface area contributed by atoms with Gasteiger partial charge < -0.3 is 24.9 Å². The van der Waals surface area contributed by atoms with Gasteiger partial charge in [-0.25, -0.2) is 0 Å². The lowest BCUT2D eigenvalue weighted by Crippen LogP contribution is -2.48. The molecule has 27 heavy (non-hydrogen) atoms. The molecule has 3 rings (SSSR count). The number of carbonyl (C=O) groups is 2. The summed E-state index contributed by atoms with van der Waals surface area (Å²) in [5, 5.41) is 18.0. The Morgan fingerprint density at radius 3 is 2.63 bits per heavy atom. The highest BCUT2D eigenvalue weighted by Crippen LogP contribution is 2.32. The molecule has 1 aliphatic rings. The smallest absolute Gasteiger partial charge is 0.309 e. The Labute approximate surface area is 161 Å². The van der Waals surface area contributed by atoms with Gasteiger partial charge in [0.25, 0.3) is 0 Å². The van der Waals surface area contributed by atoms with Crippen LogP contribution in [0, 0.1) is 0 Å². The van der Waals surface area contributed by atoms with E-state index in [-0.39, 0.29) is 6.54 Å². The van der Waals surface area contributed by atoms with Crippen LogP contribution in [0.5, 0.6) is 0 Å². The number of carbonyl (C=O) groups excluding carboxylic acids is 2. The van der Waals surface area contributed by atoms with Crippen LogP contribution < -0.4 is 10.6 Å². The van der Waals surface area contributed by atoms with Crippen LogP contribution in [0.25, 0.3) is 0 Å². The standard InChI is InChI=1S/C18H23N3O5S/c22-16(19-5-6-21-7-10-25-11-8-21)17(23)20-13-18(24,14-3-1-9-26-14)15-4-2-12-27-15/h1-4,9,12,24H,5-8,10-11,13H2,(H,19,22)(H,20,23). The van der Waals surface area contributed by atoms with Gasteiger partial charge >= 0.3 is 11.8 Å². The van der Waals surface area contributed by atoms with E-state index < -0.39 is 17.4 Å². The Bertz CT molecular complexity index is 692. The molecule has 0 spiro atoms. The predicted molar refractivity (Wildman–Crippen MR) is 99.3 cm³/mol. The molecule has 2 aromatic rings. The average Bonchev–Trinajstić information content (AvgIpc) is 3.41. The summed E-state index contributed by atoms with van der Waals surface area (Å²) in [7, 11) is 0. The van der Waals surface area contributed by atoms with Gasteiger partial charge in [0.1, 0.15) is 5.76 Å². The molecule has 2 amide bonds. The topological polar surface area (TPSA) is 104 Å². The van der Waals surface area contributed by atoms with Crippen molar-refractivity contribution >= 4 is 23.2 Å². The van der Waals surface area contributed by atoms with E-state index >= 15 is 0 Å². The van der Waals surface area contributed by atoms with Crippen LogP contribution in [0.2, 0.25) is 0 Å². The molecular weight excluding hydrogens is 370 g/mol. The van der Waals surface area contributed by atoms with Crippen LogP contribution in [-0.4, -0.2) is 67.8 Å². The third kappa shape index (κ3) is 4.95. The predicted octanol–water partition coefficient (Wildman–Crippen LogP) is 0.142. The van der Waals surface area contributed by atoms with Crippen molar-refractivity contribution in [1.29, 1.82) is 0 Å². The van der Waals surface area contributed by atoms with E-state index in [1.165, 1.54) is 17.6 Å². The molecule has 1 fully saturated rings. The van der Waals surface area contributed by atoms with E-state index in [1.54, 1.807) is 24.3 Å². The summed E-state index contributed by atoms with van der Waals surface area (Å²) in [6.07, 6.45) is 1.45. The van der Waals surface area contributed by atoms with Gasteiger partial charge in [0.2, 0.25) is 0 Å². The minimum Gasteiger partial charge on any atom is -0.466 e. The molecule has 0 aliphatic carbocycles. The molecule has 146 valence electrons.